The highest BCUT2D eigenvalue weighted by Crippen LogP contribution is 2.19. The third-order valence-electron chi connectivity index (χ3n) is 2.81. The topological polar surface area (TPSA) is 92.4 Å². The number of carbonyl (C=O) groups is 2. The molecular formula is C15H16N4O3. The van der Waals surface area contributed by atoms with Crippen molar-refractivity contribution in [3.8, 4) is 5.88 Å². The molecule has 0 aliphatic heterocycles. The maximum atomic E-state index is 12.3. The van der Waals surface area contributed by atoms with Gasteiger partial charge in [-0.25, -0.2) is 9.78 Å². The summed E-state index contributed by atoms with van der Waals surface area (Å²) in [4.78, 5) is 27.5. The molecule has 2 rings (SSSR count). The molecule has 3 amide bonds. The molecule has 2 aromatic rings. The van der Waals surface area contributed by atoms with Crippen LogP contribution >= 0.6 is 0 Å². The van der Waals surface area contributed by atoms with Gasteiger partial charge in [0.1, 0.15) is 5.56 Å². The maximum Gasteiger partial charge on any atom is 0.318 e. The van der Waals surface area contributed by atoms with Crippen molar-refractivity contribution in [3.05, 3.63) is 48.2 Å². The second kappa shape index (κ2) is 7.07. The van der Waals surface area contributed by atoms with E-state index in [0.29, 0.717) is 16.9 Å². The summed E-state index contributed by atoms with van der Waals surface area (Å²) in [5, 5.41) is 7.82. The Morgan fingerprint density at radius 1 is 1.09 bits per heavy atom. The molecule has 0 unspecified atom stereocenters. The van der Waals surface area contributed by atoms with Crippen molar-refractivity contribution < 1.29 is 14.3 Å². The minimum atomic E-state index is -0.345. The van der Waals surface area contributed by atoms with E-state index in [1.165, 1.54) is 14.2 Å². The third kappa shape index (κ3) is 3.72. The van der Waals surface area contributed by atoms with E-state index in [2.05, 4.69) is 20.9 Å². The Bertz CT molecular complexity index is 688. The fourth-order valence-electron chi connectivity index (χ4n) is 1.79. The van der Waals surface area contributed by atoms with Crippen molar-refractivity contribution in [1.29, 1.82) is 0 Å². The van der Waals surface area contributed by atoms with E-state index in [4.69, 9.17) is 4.74 Å². The van der Waals surface area contributed by atoms with Gasteiger partial charge in [-0.05, 0) is 30.3 Å². The predicted octanol–water partition coefficient (Wildman–Crippen LogP) is 2.09. The van der Waals surface area contributed by atoms with E-state index in [9.17, 15) is 9.59 Å². The first-order valence-corrected chi connectivity index (χ1v) is 6.53. The molecule has 0 fully saturated rings. The van der Waals surface area contributed by atoms with Gasteiger partial charge in [-0.15, -0.1) is 0 Å². The molecule has 114 valence electrons. The lowest BCUT2D eigenvalue weighted by molar-refractivity contribution is 0.102. The van der Waals surface area contributed by atoms with Crippen LogP contribution in [0.4, 0.5) is 16.2 Å². The first-order valence-electron chi connectivity index (χ1n) is 6.53. The first-order chi connectivity index (χ1) is 10.6. The number of nitrogens with one attached hydrogen (secondary N) is 3. The second-order valence-corrected chi connectivity index (χ2v) is 4.30. The zero-order valence-electron chi connectivity index (χ0n) is 12.2. The predicted molar refractivity (Wildman–Crippen MR) is 83.3 cm³/mol. The molecule has 22 heavy (non-hydrogen) atoms. The highest BCUT2D eigenvalue weighted by Gasteiger charge is 2.13. The lowest BCUT2D eigenvalue weighted by Gasteiger charge is -2.10. The van der Waals surface area contributed by atoms with Gasteiger partial charge in [-0.1, -0.05) is 6.07 Å². The van der Waals surface area contributed by atoms with Gasteiger partial charge < -0.3 is 20.7 Å². The van der Waals surface area contributed by atoms with E-state index < -0.39 is 0 Å². The van der Waals surface area contributed by atoms with Crippen molar-refractivity contribution in [3.63, 3.8) is 0 Å². The third-order valence-corrected chi connectivity index (χ3v) is 2.81. The molecule has 3 N–H and O–H groups in total. The number of hydrogen-bond donors (Lipinski definition) is 3. The highest BCUT2D eigenvalue weighted by atomic mass is 16.5. The van der Waals surface area contributed by atoms with Gasteiger partial charge >= 0.3 is 6.03 Å². The van der Waals surface area contributed by atoms with Crippen LogP contribution in [0.25, 0.3) is 0 Å². The van der Waals surface area contributed by atoms with E-state index >= 15 is 0 Å². The van der Waals surface area contributed by atoms with Gasteiger partial charge in [0.25, 0.3) is 5.91 Å². The molecule has 0 atom stereocenters. The van der Waals surface area contributed by atoms with Crippen molar-refractivity contribution >= 4 is 23.3 Å². The Balaban J connectivity index is 2.15. The molecule has 0 bridgehead atoms. The average molecular weight is 300 g/mol. The van der Waals surface area contributed by atoms with E-state index in [-0.39, 0.29) is 17.8 Å². The van der Waals surface area contributed by atoms with Crippen LogP contribution in [0, 0.1) is 0 Å². The standard InChI is InChI=1S/C15H16N4O3/c1-16-15(21)19-11-6-3-5-10(9-11)18-13(20)12-7-4-8-17-14(12)22-2/h3-9H,1-2H3,(H,18,20)(H2,16,19,21). The highest BCUT2D eigenvalue weighted by molar-refractivity contribution is 6.06. The number of nitrogens with zero attached hydrogens (tertiary/aromatic N) is 1. The molecule has 1 aromatic carbocycles. The number of pyridine rings is 1. The van der Waals surface area contributed by atoms with Crippen molar-refractivity contribution in [2.45, 2.75) is 0 Å². The van der Waals surface area contributed by atoms with Crippen LogP contribution in [-0.4, -0.2) is 31.1 Å². The Morgan fingerprint density at radius 2 is 1.82 bits per heavy atom. The monoisotopic (exact) mass is 300 g/mol. The summed E-state index contributed by atoms with van der Waals surface area (Å²) >= 11 is 0. The SMILES string of the molecule is CNC(=O)Nc1cccc(NC(=O)c2cccnc2OC)c1. The summed E-state index contributed by atoms with van der Waals surface area (Å²) in [6.45, 7) is 0. The van der Waals surface area contributed by atoms with Gasteiger partial charge in [-0.3, -0.25) is 4.79 Å². The van der Waals surface area contributed by atoms with Gasteiger partial charge in [0.05, 0.1) is 7.11 Å². The Kier molecular flexibility index (Phi) is 4.92. The molecule has 0 aliphatic carbocycles. The number of amides is 3. The number of urea groups is 1. The van der Waals surface area contributed by atoms with Gasteiger partial charge in [0.2, 0.25) is 5.88 Å². The van der Waals surface area contributed by atoms with Gasteiger partial charge in [-0.2, -0.15) is 0 Å². The number of methoxy groups -OCH3 is 1. The number of aromatic nitrogens is 1. The zero-order valence-corrected chi connectivity index (χ0v) is 12.2. The molecule has 0 aliphatic rings. The molecular weight excluding hydrogens is 284 g/mol. The summed E-state index contributed by atoms with van der Waals surface area (Å²) in [5.41, 5.74) is 1.44. The Hall–Kier alpha value is -3.09. The number of rotatable bonds is 4. The summed E-state index contributed by atoms with van der Waals surface area (Å²) in [6.07, 6.45) is 1.55. The molecule has 0 radical (unpaired) electrons. The molecule has 7 heteroatoms. The quantitative estimate of drug-likeness (QED) is 0.806. The lowest BCUT2D eigenvalue weighted by atomic mass is 10.2. The van der Waals surface area contributed by atoms with Crippen LogP contribution in [0.15, 0.2) is 42.6 Å². The van der Waals surface area contributed by atoms with Crippen LogP contribution in [-0.2, 0) is 0 Å². The van der Waals surface area contributed by atoms with Crippen LogP contribution in [0.1, 0.15) is 10.4 Å². The fraction of sp³-hybridized carbons (Fsp3) is 0.133. The van der Waals surface area contributed by atoms with E-state index in [1.54, 1.807) is 42.6 Å². The summed E-state index contributed by atoms with van der Waals surface area (Å²) in [5.74, 6) is -0.0957. The number of hydrogen-bond acceptors (Lipinski definition) is 4. The Labute approximate surface area is 127 Å². The van der Waals surface area contributed by atoms with Crippen LogP contribution in [0.5, 0.6) is 5.88 Å². The molecule has 0 saturated heterocycles. The van der Waals surface area contributed by atoms with Crippen LogP contribution in [0.2, 0.25) is 0 Å². The van der Waals surface area contributed by atoms with Crippen molar-refractivity contribution in [2.24, 2.45) is 0 Å². The smallest absolute Gasteiger partial charge is 0.318 e. The van der Waals surface area contributed by atoms with Crippen molar-refractivity contribution in [1.82, 2.24) is 10.3 Å². The summed E-state index contributed by atoms with van der Waals surface area (Å²) in [7, 11) is 2.97. The number of anilines is 2. The summed E-state index contributed by atoms with van der Waals surface area (Å²) in [6, 6.07) is 9.75. The number of benzene rings is 1. The zero-order chi connectivity index (χ0) is 15.9. The molecule has 7 nitrogen and oxygen atoms in total. The van der Waals surface area contributed by atoms with Crippen LogP contribution < -0.4 is 20.7 Å². The number of ether oxygens (including phenoxy) is 1. The van der Waals surface area contributed by atoms with Crippen molar-refractivity contribution in [2.75, 3.05) is 24.8 Å². The lowest BCUT2D eigenvalue weighted by Crippen LogP contribution is -2.24. The Morgan fingerprint density at radius 3 is 2.50 bits per heavy atom. The van der Waals surface area contributed by atoms with Gasteiger partial charge in [0, 0.05) is 24.6 Å². The molecule has 1 heterocycles. The molecule has 1 aromatic heterocycles. The first kappa shape index (κ1) is 15.3. The number of carbonyl (C=O) groups excluding carboxylic acids is 2. The normalized spacial score (nSPS) is 9.73. The average Bonchev–Trinajstić information content (AvgIpc) is 2.55. The summed E-state index contributed by atoms with van der Waals surface area (Å²) < 4.78 is 5.06. The molecule has 0 saturated carbocycles. The molecule has 0 spiro atoms. The fourth-order valence-corrected chi connectivity index (χ4v) is 1.79. The minimum Gasteiger partial charge on any atom is -0.480 e. The van der Waals surface area contributed by atoms with E-state index in [0.717, 1.165) is 0 Å². The van der Waals surface area contributed by atoms with Crippen LogP contribution in [0.3, 0.4) is 0 Å². The minimum absolute atomic E-state index is 0.250. The second-order valence-electron chi connectivity index (χ2n) is 4.30. The van der Waals surface area contributed by atoms with E-state index in [1.807, 2.05) is 0 Å². The van der Waals surface area contributed by atoms with Gasteiger partial charge in [0.15, 0.2) is 0 Å². The maximum absolute atomic E-state index is 12.3. The largest absolute Gasteiger partial charge is 0.480 e.